The molecule has 2 N–H and O–H groups in total. The summed E-state index contributed by atoms with van der Waals surface area (Å²) in [4.78, 5) is 4.14. The first-order valence-electron chi connectivity index (χ1n) is 4.13. The van der Waals surface area contributed by atoms with Crippen molar-refractivity contribution in [2.75, 3.05) is 6.26 Å². The number of rotatable bonds is 3. The molecule has 1 unspecified atom stereocenters. The fourth-order valence-corrected chi connectivity index (χ4v) is 1.38. The molecule has 0 bridgehead atoms. The number of nitrogens with two attached hydrogens (primary N) is 1. The summed E-state index contributed by atoms with van der Waals surface area (Å²) in [7, 11) is 1.86. The number of hydrogen-bond acceptors (Lipinski definition) is 4. The number of aromatic nitrogens is 3. The molecule has 1 aromatic heterocycles. The summed E-state index contributed by atoms with van der Waals surface area (Å²) in [6.07, 6.45) is 3.59. The molecule has 74 valence electrons. The molecule has 0 fully saturated rings. The summed E-state index contributed by atoms with van der Waals surface area (Å²) in [6.45, 7) is 4.22. The number of nitrogens with zero attached hydrogens (tertiary/aromatic N) is 3. The summed E-state index contributed by atoms with van der Waals surface area (Å²) >= 11 is 1.74. The molecule has 0 radical (unpaired) electrons. The van der Waals surface area contributed by atoms with E-state index in [9.17, 15) is 0 Å². The smallest absolute Gasteiger partial charge is 0.144 e. The SMILES string of the molecule is CSC(C)(C)C(N)c1ncnn1C. The van der Waals surface area contributed by atoms with Gasteiger partial charge in [0.1, 0.15) is 12.2 Å². The quantitative estimate of drug-likeness (QED) is 0.789. The maximum absolute atomic E-state index is 6.08. The maximum Gasteiger partial charge on any atom is 0.144 e. The highest BCUT2D eigenvalue weighted by Gasteiger charge is 2.29. The van der Waals surface area contributed by atoms with Crippen molar-refractivity contribution in [3.8, 4) is 0 Å². The molecule has 0 saturated carbocycles. The summed E-state index contributed by atoms with van der Waals surface area (Å²) in [5, 5.41) is 4.00. The molecule has 13 heavy (non-hydrogen) atoms. The van der Waals surface area contributed by atoms with Gasteiger partial charge < -0.3 is 5.73 Å². The third-order valence-electron chi connectivity index (χ3n) is 2.30. The zero-order valence-electron chi connectivity index (χ0n) is 8.48. The second-order valence-electron chi connectivity index (χ2n) is 3.53. The minimum atomic E-state index is -0.0880. The van der Waals surface area contributed by atoms with Crippen LogP contribution in [0.15, 0.2) is 6.33 Å². The molecule has 0 aliphatic carbocycles. The van der Waals surface area contributed by atoms with Gasteiger partial charge in [0.15, 0.2) is 0 Å². The zero-order chi connectivity index (χ0) is 10.1. The van der Waals surface area contributed by atoms with Gasteiger partial charge in [0.2, 0.25) is 0 Å². The Hall–Kier alpha value is -0.550. The molecule has 4 nitrogen and oxygen atoms in total. The zero-order valence-corrected chi connectivity index (χ0v) is 9.30. The molecule has 5 heteroatoms. The van der Waals surface area contributed by atoms with Crippen molar-refractivity contribution >= 4 is 11.8 Å². The predicted octanol–water partition coefficient (Wildman–Crippen LogP) is 0.957. The van der Waals surface area contributed by atoms with Crippen molar-refractivity contribution in [1.82, 2.24) is 14.8 Å². The van der Waals surface area contributed by atoms with Crippen LogP contribution < -0.4 is 5.73 Å². The van der Waals surface area contributed by atoms with E-state index >= 15 is 0 Å². The van der Waals surface area contributed by atoms with Gasteiger partial charge in [-0.3, -0.25) is 4.68 Å². The standard InChI is InChI=1S/C8H16N4S/c1-8(2,13-4)6(9)7-10-5-11-12(7)3/h5-6H,9H2,1-4H3. The van der Waals surface area contributed by atoms with E-state index in [-0.39, 0.29) is 10.8 Å². The van der Waals surface area contributed by atoms with Crippen LogP contribution in [-0.4, -0.2) is 25.8 Å². The number of hydrogen-bond donors (Lipinski definition) is 1. The van der Waals surface area contributed by atoms with Crippen molar-refractivity contribution in [2.24, 2.45) is 12.8 Å². The number of thioether (sulfide) groups is 1. The normalized spacial score (nSPS) is 14.5. The molecular weight excluding hydrogens is 184 g/mol. The minimum absolute atomic E-state index is 0.0131. The molecule has 0 amide bonds. The maximum atomic E-state index is 6.08. The predicted molar refractivity (Wildman–Crippen MR) is 55.5 cm³/mol. The lowest BCUT2D eigenvalue weighted by atomic mass is 10.0. The van der Waals surface area contributed by atoms with Gasteiger partial charge in [-0.1, -0.05) is 0 Å². The van der Waals surface area contributed by atoms with E-state index in [2.05, 4.69) is 30.2 Å². The lowest BCUT2D eigenvalue weighted by Crippen LogP contribution is -2.34. The largest absolute Gasteiger partial charge is 0.320 e. The van der Waals surface area contributed by atoms with Crippen LogP contribution in [0.5, 0.6) is 0 Å². The van der Waals surface area contributed by atoms with E-state index in [1.165, 1.54) is 6.33 Å². The summed E-state index contributed by atoms with van der Waals surface area (Å²) in [5.74, 6) is 0.833. The Balaban J connectivity index is 2.91. The van der Waals surface area contributed by atoms with Crippen LogP contribution in [0.25, 0.3) is 0 Å². The second kappa shape index (κ2) is 3.67. The van der Waals surface area contributed by atoms with E-state index in [1.807, 2.05) is 7.05 Å². The van der Waals surface area contributed by atoms with Crippen molar-refractivity contribution in [3.05, 3.63) is 12.2 Å². The van der Waals surface area contributed by atoms with E-state index in [0.717, 1.165) is 5.82 Å². The highest BCUT2D eigenvalue weighted by molar-refractivity contribution is 7.99. The van der Waals surface area contributed by atoms with Gasteiger partial charge >= 0.3 is 0 Å². The Morgan fingerprint density at radius 3 is 2.62 bits per heavy atom. The third kappa shape index (κ3) is 2.03. The van der Waals surface area contributed by atoms with E-state index < -0.39 is 0 Å². The minimum Gasteiger partial charge on any atom is -0.320 e. The highest BCUT2D eigenvalue weighted by atomic mass is 32.2. The van der Waals surface area contributed by atoms with E-state index in [1.54, 1.807) is 16.4 Å². The van der Waals surface area contributed by atoms with Crippen molar-refractivity contribution in [1.29, 1.82) is 0 Å². The summed E-state index contributed by atoms with van der Waals surface area (Å²) in [6, 6.07) is -0.0880. The van der Waals surface area contributed by atoms with Gasteiger partial charge in [0.25, 0.3) is 0 Å². The van der Waals surface area contributed by atoms with Crippen LogP contribution in [-0.2, 0) is 7.05 Å². The van der Waals surface area contributed by atoms with Crippen LogP contribution in [0, 0.1) is 0 Å². The summed E-state index contributed by atoms with van der Waals surface area (Å²) in [5.41, 5.74) is 6.08. The third-order valence-corrected chi connectivity index (χ3v) is 3.61. The first kappa shape index (κ1) is 10.5. The average molecular weight is 200 g/mol. The van der Waals surface area contributed by atoms with Crippen LogP contribution >= 0.6 is 11.8 Å². The molecule has 1 aromatic rings. The molecule has 0 aliphatic rings. The molecule has 1 heterocycles. The molecule has 1 atom stereocenters. The van der Waals surface area contributed by atoms with Gasteiger partial charge in [-0.2, -0.15) is 16.9 Å². The van der Waals surface area contributed by atoms with Gasteiger partial charge in [0.05, 0.1) is 6.04 Å². The second-order valence-corrected chi connectivity index (χ2v) is 4.99. The van der Waals surface area contributed by atoms with Crippen molar-refractivity contribution < 1.29 is 0 Å². The van der Waals surface area contributed by atoms with Gasteiger partial charge in [0, 0.05) is 11.8 Å². The van der Waals surface area contributed by atoms with Gasteiger partial charge in [-0.25, -0.2) is 4.98 Å². The van der Waals surface area contributed by atoms with Crippen LogP contribution in [0.2, 0.25) is 0 Å². The van der Waals surface area contributed by atoms with Gasteiger partial charge in [-0.15, -0.1) is 0 Å². The number of aryl methyl sites for hydroxylation is 1. The van der Waals surface area contributed by atoms with E-state index in [0.29, 0.717) is 0 Å². The average Bonchev–Trinajstić information content (AvgIpc) is 2.50. The fraction of sp³-hybridized carbons (Fsp3) is 0.750. The highest BCUT2D eigenvalue weighted by Crippen LogP contribution is 2.32. The lowest BCUT2D eigenvalue weighted by Gasteiger charge is -2.28. The molecule has 0 spiro atoms. The van der Waals surface area contributed by atoms with E-state index in [4.69, 9.17) is 5.73 Å². The molecular formula is C8H16N4S. The van der Waals surface area contributed by atoms with Gasteiger partial charge in [-0.05, 0) is 20.1 Å². The first-order valence-corrected chi connectivity index (χ1v) is 5.36. The van der Waals surface area contributed by atoms with Crippen LogP contribution in [0.4, 0.5) is 0 Å². The summed E-state index contributed by atoms with van der Waals surface area (Å²) < 4.78 is 1.71. The van der Waals surface area contributed by atoms with Crippen molar-refractivity contribution in [2.45, 2.75) is 24.6 Å². The Morgan fingerprint density at radius 1 is 1.62 bits per heavy atom. The van der Waals surface area contributed by atoms with Crippen LogP contribution in [0.1, 0.15) is 25.7 Å². The fourth-order valence-electron chi connectivity index (χ4n) is 1.02. The Bertz CT molecular complexity index is 281. The Kier molecular flexibility index (Phi) is 2.98. The molecule has 0 saturated heterocycles. The topological polar surface area (TPSA) is 56.7 Å². The molecule has 1 rings (SSSR count). The Labute approximate surface area is 82.9 Å². The Morgan fingerprint density at radius 2 is 2.23 bits per heavy atom. The van der Waals surface area contributed by atoms with Crippen LogP contribution in [0.3, 0.4) is 0 Å². The lowest BCUT2D eigenvalue weighted by molar-refractivity contribution is 0.508. The monoisotopic (exact) mass is 200 g/mol. The molecule has 0 aliphatic heterocycles. The molecule has 0 aromatic carbocycles. The van der Waals surface area contributed by atoms with Crippen molar-refractivity contribution in [3.63, 3.8) is 0 Å². The first-order chi connectivity index (χ1) is 5.99.